The highest BCUT2D eigenvalue weighted by molar-refractivity contribution is 5.78. The maximum absolute atomic E-state index is 9.81. The van der Waals surface area contributed by atoms with Gasteiger partial charge in [0.15, 0.2) is 5.65 Å². The Hall–Kier alpha value is -2.27. The predicted octanol–water partition coefficient (Wildman–Crippen LogP) is 2.13. The van der Waals surface area contributed by atoms with Crippen molar-refractivity contribution in [3.8, 4) is 5.69 Å². The van der Waals surface area contributed by atoms with Crippen molar-refractivity contribution in [2.24, 2.45) is 0 Å². The molecule has 20 heavy (non-hydrogen) atoms. The third kappa shape index (κ3) is 2.28. The fourth-order valence-electron chi connectivity index (χ4n) is 2.18. The maximum atomic E-state index is 9.81. The van der Waals surface area contributed by atoms with Gasteiger partial charge in [-0.05, 0) is 18.6 Å². The first-order valence-corrected chi connectivity index (χ1v) is 6.70. The van der Waals surface area contributed by atoms with E-state index in [1.165, 1.54) is 6.33 Å². The minimum absolute atomic E-state index is 0.381. The van der Waals surface area contributed by atoms with Crippen molar-refractivity contribution in [2.75, 3.05) is 0 Å². The Labute approximate surface area is 116 Å². The van der Waals surface area contributed by atoms with E-state index < -0.39 is 0 Å². The molecule has 0 aliphatic carbocycles. The number of benzene rings is 1. The van der Waals surface area contributed by atoms with Crippen LogP contribution < -0.4 is 0 Å². The Morgan fingerprint density at radius 3 is 2.75 bits per heavy atom. The topological polar surface area (TPSA) is 63.8 Å². The number of para-hydroxylation sites is 1. The molecule has 102 valence electrons. The SMILES string of the molecule is CCC(O)Cc1ncnc2c1cnn2-c1ccccc1. The zero-order valence-electron chi connectivity index (χ0n) is 11.3. The molecule has 0 radical (unpaired) electrons. The normalized spacial score (nSPS) is 12.7. The van der Waals surface area contributed by atoms with Crippen molar-refractivity contribution in [2.45, 2.75) is 25.9 Å². The number of aliphatic hydroxyl groups is 1. The van der Waals surface area contributed by atoms with Gasteiger partial charge in [-0.2, -0.15) is 5.10 Å². The van der Waals surface area contributed by atoms with E-state index in [1.807, 2.05) is 37.3 Å². The lowest BCUT2D eigenvalue weighted by molar-refractivity contribution is 0.170. The number of hydrogen-bond donors (Lipinski definition) is 1. The summed E-state index contributed by atoms with van der Waals surface area (Å²) in [4.78, 5) is 8.60. The van der Waals surface area contributed by atoms with Crippen LogP contribution in [0.4, 0.5) is 0 Å². The molecule has 1 N–H and O–H groups in total. The number of aliphatic hydroxyl groups excluding tert-OH is 1. The van der Waals surface area contributed by atoms with Crippen LogP contribution in [-0.4, -0.2) is 31.0 Å². The summed E-state index contributed by atoms with van der Waals surface area (Å²) in [5.74, 6) is 0. The van der Waals surface area contributed by atoms with Crippen molar-refractivity contribution >= 4 is 11.0 Å². The summed E-state index contributed by atoms with van der Waals surface area (Å²) in [6, 6.07) is 9.86. The molecular formula is C15H16N4O. The summed E-state index contributed by atoms with van der Waals surface area (Å²) >= 11 is 0. The second-order valence-corrected chi connectivity index (χ2v) is 4.72. The van der Waals surface area contributed by atoms with Gasteiger partial charge in [0.2, 0.25) is 0 Å². The average Bonchev–Trinajstić information content (AvgIpc) is 2.93. The van der Waals surface area contributed by atoms with Crippen molar-refractivity contribution in [3.63, 3.8) is 0 Å². The lowest BCUT2D eigenvalue weighted by Crippen LogP contribution is -2.10. The zero-order valence-corrected chi connectivity index (χ0v) is 11.3. The zero-order chi connectivity index (χ0) is 13.9. The van der Waals surface area contributed by atoms with Gasteiger partial charge in [-0.25, -0.2) is 14.6 Å². The number of hydrogen-bond acceptors (Lipinski definition) is 4. The Balaban J connectivity index is 2.08. The molecule has 0 aliphatic rings. The third-order valence-corrected chi connectivity index (χ3v) is 3.35. The van der Waals surface area contributed by atoms with Crippen LogP contribution in [0, 0.1) is 0 Å². The predicted molar refractivity (Wildman–Crippen MR) is 76.7 cm³/mol. The lowest BCUT2D eigenvalue weighted by Gasteiger charge is -2.07. The van der Waals surface area contributed by atoms with E-state index >= 15 is 0 Å². The van der Waals surface area contributed by atoms with Crippen LogP contribution in [0.1, 0.15) is 19.0 Å². The molecule has 0 saturated heterocycles. The van der Waals surface area contributed by atoms with E-state index in [4.69, 9.17) is 0 Å². The average molecular weight is 268 g/mol. The summed E-state index contributed by atoms with van der Waals surface area (Å²) in [6.07, 6.45) is 4.14. The van der Waals surface area contributed by atoms with Crippen LogP contribution in [0.2, 0.25) is 0 Å². The van der Waals surface area contributed by atoms with E-state index in [9.17, 15) is 5.11 Å². The highest BCUT2D eigenvalue weighted by atomic mass is 16.3. The van der Waals surface area contributed by atoms with Crippen LogP contribution in [0.3, 0.4) is 0 Å². The van der Waals surface area contributed by atoms with Gasteiger partial charge in [0.25, 0.3) is 0 Å². The largest absolute Gasteiger partial charge is 0.393 e. The van der Waals surface area contributed by atoms with Crippen LogP contribution in [-0.2, 0) is 6.42 Å². The molecule has 0 saturated carbocycles. The van der Waals surface area contributed by atoms with Gasteiger partial charge in [0.05, 0.1) is 29.1 Å². The van der Waals surface area contributed by atoms with Crippen molar-refractivity contribution in [1.82, 2.24) is 19.7 Å². The number of nitrogens with zero attached hydrogens (tertiary/aromatic N) is 4. The van der Waals surface area contributed by atoms with Gasteiger partial charge < -0.3 is 5.11 Å². The summed E-state index contributed by atoms with van der Waals surface area (Å²) < 4.78 is 1.79. The van der Waals surface area contributed by atoms with Crippen LogP contribution >= 0.6 is 0 Å². The van der Waals surface area contributed by atoms with Crippen LogP contribution in [0.15, 0.2) is 42.9 Å². The van der Waals surface area contributed by atoms with Gasteiger partial charge >= 0.3 is 0 Å². The summed E-state index contributed by atoms with van der Waals surface area (Å²) in [7, 11) is 0. The second-order valence-electron chi connectivity index (χ2n) is 4.72. The Kier molecular flexibility index (Phi) is 3.43. The van der Waals surface area contributed by atoms with Gasteiger partial charge in [0, 0.05) is 6.42 Å². The highest BCUT2D eigenvalue weighted by Gasteiger charge is 2.13. The van der Waals surface area contributed by atoms with Crippen molar-refractivity contribution in [3.05, 3.63) is 48.5 Å². The van der Waals surface area contributed by atoms with E-state index in [1.54, 1.807) is 10.9 Å². The van der Waals surface area contributed by atoms with Gasteiger partial charge in [-0.3, -0.25) is 0 Å². The molecule has 5 nitrogen and oxygen atoms in total. The number of rotatable bonds is 4. The minimum Gasteiger partial charge on any atom is -0.393 e. The molecule has 0 aliphatic heterocycles. The summed E-state index contributed by atoms with van der Waals surface area (Å²) in [6.45, 7) is 1.95. The second kappa shape index (κ2) is 5.38. The van der Waals surface area contributed by atoms with Crippen molar-refractivity contribution < 1.29 is 5.11 Å². The molecular weight excluding hydrogens is 252 g/mol. The van der Waals surface area contributed by atoms with Gasteiger partial charge in [0.1, 0.15) is 6.33 Å². The fraction of sp³-hybridized carbons (Fsp3) is 0.267. The quantitative estimate of drug-likeness (QED) is 0.787. The molecule has 0 fully saturated rings. The summed E-state index contributed by atoms with van der Waals surface area (Å²) in [5, 5.41) is 15.1. The third-order valence-electron chi connectivity index (χ3n) is 3.35. The Morgan fingerprint density at radius 2 is 2.00 bits per heavy atom. The molecule has 3 aromatic rings. The number of fused-ring (bicyclic) bond motifs is 1. The molecule has 0 bridgehead atoms. The molecule has 2 heterocycles. The smallest absolute Gasteiger partial charge is 0.166 e. The lowest BCUT2D eigenvalue weighted by atomic mass is 10.1. The molecule has 2 aromatic heterocycles. The molecule has 5 heteroatoms. The van der Waals surface area contributed by atoms with E-state index in [0.717, 1.165) is 22.4 Å². The molecule has 0 amide bonds. The van der Waals surface area contributed by atoms with Crippen LogP contribution in [0.5, 0.6) is 0 Å². The van der Waals surface area contributed by atoms with E-state index in [0.29, 0.717) is 12.8 Å². The monoisotopic (exact) mass is 268 g/mol. The molecule has 0 spiro atoms. The number of aromatic nitrogens is 4. The Morgan fingerprint density at radius 1 is 1.20 bits per heavy atom. The van der Waals surface area contributed by atoms with Crippen molar-refractivity contribution in [1.29, 1.82) is 0 Å². The molecule has 1 unspecified atom stereocenters. The molecule has 1 atom stereocenters. The van der Waals surface area contributed by atoms with E-state index in [2.05, 4.69) is 15.1 Å². The minimum atomic E-state index is -0.381. The maximum Gasteiger partial charge on any atom is 0.166 e. The Bertz CT molecular complexity index is 708. The first-order chi connectivity index (χ1) is 9.79. The molecule has 3 rings (SSSR count). The van der Waals surface area contributed by atoms with E-state index in [-0.39, 0.29) is 6.10 Å². The first-order valence-electron chi connectivity index (χ1n) is 6.70. The van der Waals surface area contributed by atoms with Gasteiger partial charge in [-0.15, -0.1) is 0 Å². The summed E-state index contributed by atoms with van der Waals surface area (Å²) in [5.41, 5.74) is 2.57. The molecule has 1 aromatic carbocycles. The highest BCUT2D eigenvalue weighted by Crippen LogP contribution is 2.19. The fourth-order valence-corrected chi connectivity index (χ4v) is 2.18. The standard InChI is InChI=1S/C15H16N4O/c1-2-12(20)8-14-13-9-18-19(15(13)17-10-16-14)11-6-4-3-5-7-11/h3-7,9-10,12,20H,2,8H2,1H3. The van der Waals surface area contributed by atoms with Crippen LogP contribution in [0.25, 0.3) is 16.7 Å². The van der Waals surface area contributed by atoms with Gasteiger partial charge in [-0.1, -0.05) is 25.1 Å². The first kappa shape index (κ1) is 12.7.